The van der Waals surface area contributed by atoms with Crippen molar-refractivity contribution in [3.63, 3.8) is 0 Å². The first-order chi connectivity index (χ1) is 9.36. The van der Waals surface area contributed by atoms with E-state index in [9.17, 15) is 17.6 Å². The van der Waals surface area contributed by atoms with Crippen LogP contribution in [0.25, 0.3) is 0 Å². The van der Waals surface area contributed by atoms with Gasteiger partial charge in [-0.25, -0.2) is 17.9 Å². The molecular formula is C13H15FN2O3S. The summed E-state index contributed by atoms with van der Waals surface area (Å²) >= 11 is 0. The van der Waals surface area contributed by atoms with E-state index in [-0.39, 0.29) is 22.4 Å². The van der Waals surface area contributed by atoms with Gasteiger partial charge >= 0.3 is 0 Å². The number of nitrogens with two attached hydrogens (primary N) is 1. The molecule has 2 saturated carbocycles. The van der Waals surface area contributed by atoms with E-state index in [1.807, 2.05) is 0 Å². The molecule has 0 heterocycles. The van der Waals surface area contributed by atoms with Crippen molar-refractivity contribution in [2.75, 3.05) is 5.32 Å². The highest BCUT2D eigenvalue weighted by molar-refractivity contribution is 7.89. The summed E-state index contributed by atoms with van der Waals surface area (Å²) in [6, 6.07) is 3.09. The van der Waals surface area contributed by atoms with E-state index in [1.165, 1.54) is 6.07 Å². The fraction of sp³-hybridized carbons (Fsp3) is 0.462. The molecule has 0 aromatic heterocycles. The van der Waals surface area contributed by atoms with Crippen molar-refractivity contribution in [3.8, 4) is 0 Å². The molecule has 20 heavy (non-hydrogen) atoms. The average Bonchev–Trinajstić information content (AvgIpc) is 2.82. The Kier molecular flexibility index (Phi) is 3.06. The fourth-order valence-electron chi connectivity index (χ4n) is 3.24. The molecular weight excluding hydrogens is 283 g/mol. The number of amides is 1. The van der Waals surface area contributed by atoms with Gasteiger partial charge in [-0.2, -0.15) is 0 Å². The number of carbonyl (C=O) groups is 1. The maximum atomic E-state index is 13.4. The third-order valence-electron chi connectivity index (χ3n) is 4.18. The standard InChI is InChI=1S/C13H15FN2O3S/c14-7-4-8(6-9(5-7)20(15,18)19)16-13(17)12-10-2-1-3-11(10)12/h4-6,10-12H,1-3H2,(H,16,17)(H2,15,18,19). The second-order valence-electron chi connectivity index (χ2n) is 5.49. The Bertz CT molecular complexity index is 664. The van der Waals surface area contributed by atoms with Crippen LogP contribution >= 0.6 is 0 Å². The maximum absolute atomic E-state index is 13.4. The van der Waals surface area contributed by atoms with Gasteiger partial charge in [-0.3, -0.25) is 4.79 Å². The van der Waals surface area contributed by atoms with Gasteiger partial charge in [0.2, 0.25) is 15.9 Å². The molecule has 3 rings (SSSR count). The van der Waals surface area contributed by atoms with Crippen LogP contribution in [-0.2, 0) is 14.8 Å². The smallest absolute Gasteiger partial charge is 0.238 e. The van der Waals surface area contributed by atoms with Crippen molar-refractivity contribution in [2.45, 2.75) is 24.2 Å². The van der Waals surface area contributed by atoms with Gasteiger partial charge in [0, 0.05) is 11.6 Å². The molecule has 2 atom stereocenters. The van der Waals surface area contributed by atoms with E-state index in [2.05, 4.69) is 5.32 Å². The van der Waals surface area contributed by atoms with E-state index >= 15 is 0 Å². The van der Waals surface area contributed by atoms with E-state index in [0.717, 1.165) is 31.4 Å². The van der Waals surface area contributed by atoms with Crippen molar-refractivity contribution >= 4 is 21.6 Å². The lowest BCUT2D eigenvalue weighted by Crippen LogP contribution is -2.18. The third kappa shape index (κ3) is 2.43. The molecule has 2 unspecified atom stereocenters. The third-order valence-corrected chi connectivity index (χ3v) is 5.07. The number of halogens is 1. The lowest BCUT2D eigenvalue weighted by atomic mass is 10.1. The van der Waals surface area contributed by atoms with Crippen molar-refractivity contribution in [3.05, 3.63) is 24.0 Å². The summed E-state index contributed by atoms with van der Waals surface area (Å²) in [6.45, 7) is 0. The molecule has 1 aromatic rings. The number of primary sulfonamides is 1. The first-order valence-electron chi connectivity index (χ1n) is 6.50. The Hall–Kier alpha value is -1.47. The Labute approximate surface area is 116 Å². The highest BCUT2D eigenvalue weighted by Crippen LogP contribution is 2.57. The highest BCUT2D eigenvalue weighted by atomic mass is 32.2. The molecule has 7 heteroatoms. The van der Waals surface area contributed by atoms with Gasteiger partial charge in [0.15, 0.2) is 0 Å². The number of benzene rings is 1. The Balaban J connectivity index is 1.78. The molecule has 2 fully saturated rings. The molecule has 0 aliphatic heterocycles. The van der Waals surface area contributed by atoms with Crippen molar-refractivity contribution in [1.82, 2.24) is 0 Å². The molecule has 1 amide bonds. The van der Waals surface area contributed by atoms with Crippen LogP contribution in [0.5, 0.6) is 0 Å². The predicted octanol–water partition coefficient (Wildman–Crippen LogP) is 1.46. The molecule has 2 aliphatic carbocycles. The summed E-state index contributed by atoms with van der Waals surface area (Å²) in [4.78, 5) is 11.7. The maximum Gasteiger partial charge on any atom is 0.238 e. The zero-order chi connectivity index (χ0) is 14.5. The topological polar surface area (TPSA) is 89.3 Å². The summed E-state index contributed by atoms with van der Waals surface area (Å²) in [7, 11) is -3.99. The van der Waals surface area contributed by atoms with Gasteiger partial charge in [-0.1, -0.05) is 6.42 Å². The number of rotatable bonds is 3. The van der Waals surface area contributed by atoms with Gasteiger partial charge in [0.05, 0.1) is 4.90 Å². The van der Waals surface area contributed by atoms with Crippen molar-refractivity contribution in [1.29, 1.82) is 0 Å². The number of anilines is 1. The Morgan fingerprint density at radius 3 is 2.50 bits per heavy atom. The van der Waals surface area contributed by atoms with Crippen LogP contribution in [0, 0.1) is 23.6 Å². The Morgan fingerprint density at radius 1 is 1.25 bits per heavy atom. The minimum absolute atomic E-state index is 0.00930. The first-order valence-corrected chi connectivity index (χ1v) is 8.05. The molecule has 5 nitrogen and oxygen atoms in total. The molecule has 3 N–H and O–H groups in total. The normalized spacial score (nSPS) is 28.0. The van der Waals surface area contributed by atoms with Crippen molar-refractivity contribution in [2.24, 2.45) is 22.9 Å². The first kappa shape index (κ1) is 13.5. The monoisotopic (exact) mass is 298 g/mol. The lowest BCUT2D eigenvalue weighted by molar-refractivity contribution is -0.118. The fourth-order valence-corrected chi connectivity index (χ4v) is 3.80. The van der Waals surface area contributed by atoms with Crippen LogP contribution in [0.3, 0.4) is 0 Å². The van der Waals surface area contributed by atoms with E-state index in [1.54, 1.807) is 0 Å². The molecule has 0 saturated heterocycles. The van der Waals surface area contributed by atoms with Crippen LogP contribution in [-0.4, -0.2) is 14.3 Å². The molecule has 108 valence electrons. The molecule has 0 radical (unpaired) electrons. The number of hydrogen-bond acceptors (Lipinski definition) is 3. The molecule has 0 bridgehead atoms. The second kappa shape index (κ2) is 4.53. The highest BCUT2D eigenvalue weighted by Gasteiger charge is 2.56. The number of carbonyl (C=O) groups excluding carboxylic acids is 1. The van der Waals surface area contributed by atoms with Gasteiger partial charge in [0.1, 0.15) is 5.82 Å². The van der Waals surface area contributed by atoms with Crippen LogP contribution in [0.4, 0.5) is 10.1 Å². The number of nitrogens with one attached hydrogen (secondary N) is 1. The van der Waals surface area contributed by atoms with Crippen LogP contribution in [0.2, 0.25) is 0 Å². The van der Waals surface area contributed by atoms with E-state index in [0.29, 0.717) is 11.8 Å². The van der Waals surface area contributed by atoms with Gasteiger partial charge in [-0.05, 0) is 42.9 Å². The Morgan fingerprint density at radius 2 is 1.90 bits per heavy atom. The second-order valence-corrected chi connectivity index (χ2v) is 7.06. The lowest BCUT2D eigenvalue weighted by Gasteiger charge is -2.08. The summed E-state index contributed by atoms with van der Waals surface area (Å²) < 4.78 is 35.8. The largest absolute Gasteiger partial charge is 0.326 e. The van der Waals surface area contributed by atoms with Crippen LogP contribution in [0.15, 0.2) is 23.1 Å². The summed E-state index contributed by atoms with van der Waals surface area (Å²) in [5.41, 5.74) is 0.129. The molecule has 2 aliphatic rings. The zero-order valence-corrected chi connectivity index (χ0v) is 11.5. The van der Waals surface area contributed by atoms with Crippen molar-refractivity contribution < 1.29 is 17.6 Å². The average molecular weight is 298 g/mol. The summed E-state index contributed by atoms with van der Waals surface area (Å²) in [5.74, 6) is -0.0269. The number of hydrogen-bond donors (Lipinski definition) is 2. The van der Waals surface area contributed by atoms with Gasteiger partial charge in [0.25, 0.3) is 0 Å². The number of sulfonamides is 1. The zero-order valence-electron chi connectivity index (χ0n) is 10.7. The summed E-state index contributed by atoms with van der Waals surface area (Å²) in [5, 5.41) is 7.55. The van der Waals surface area contributed by atoms with E-state index in [4.69, 9.17) is 5.14 Å². The predicted molar refractivity (Wildman–Crippen MR) is 70.7 cm³/mol. The minimum atomic E-state index is -3.99. The van der Waals surface area contributed by atoms with Crippen LogP contribution in [0.1, 0.15) is 19.3 Å². The molecule has 0 spiro atoms. The van der Waals surface area contributed by atoms with Crippen LogP contribution < -0.4 is 10.5 Å². The SMILES string of the molecule is NS(=O)(=O)c1cc(F)cc(NC(=O)C2C3CCCC32)c1. The molecule has 1 aromatic carbocycles. The van der Waals surface area contributed by atoms with E-state index < -0.39 is 15.8 Å². The quantitative estimate of drug-likeness (QED) is 0.885. The minimum Gasteiger partial charge on any atom is -0.326 e. The van der Waals surface area contributed by atoms with Gasteiger partial charge in [-0.15, -0.1) is 0 Å². The number of fused-ring (bicyclic) bond motifs is 1. The summed E-state index contributed by atoms with van der Waals surface area (Å²) in [6.07, 6.45) is 3.29. The van der Waals surface area contributed by atoms with Gasteiger partial charge < -0.3 is 5.32 Å².